The maximum Gasteiger partial charge on any atom is 0.137 e. The van der Waals surface area contributed by atoms with Gasteiger partial charge in [-0.1, -0.05) is 30.3 Å². The first-order chi connectivity index (χ1) is 6.86. The Balaban J connectivity index is 2.24. The lowest BCUT2D eigenvalue weighted by atomic mass is 10.1. The molecule has 0 spiro atoms. The van der Waals surface area contributed by atoms with Gasteiger partial charge in [0.1, 0.15) is 5.75 Å². The number of hydrogen-bond donors (Lipinski definition) is 1. The highest BCUT2D eigenvalue weighted by molar-refractivity contribution is 5.33. The summed E-state index contributed by atoms with van der Waals surface area (Å²) in [6.07, 6.45) is 3.91. The maximum absolute atomic E-state index is 9.51. The molecular formula is C12H11NO. The van der Waals surface area contributed by atoms with Crippen molar-refractivity contribution >= 4 is 0 Å². The van der Waals surface area contributed by atoms with Gasteiger partial charge >= 0.3 is 0 Å². The number of pyridine rings is 1. The second-order valence-corrected chi connectivity index (χ2v) is 3.17. The molecule has 2 nitrogen and oxygen atoms in total. The van der Waals surface area contributed by atoms with Crippen LogP contribution in [0.5, 0.6) is 5.75 Å². The van der Waals surface area contributed by atoms with Gasteiger partial charge in [0.05, 0.1) is 6.20 Å². The van der Waals surface area contributed by atoms with Crippen LogP contribution >= 0.6 is 0 Å². The fourth-order valence-electron chi connectivity index (χ4n) is 1.38. The molecule has 1 heterocycles. The quantitative estimate of drug-likeness (QED) is 0.779. The van der Waals surface area contributed by atoms with E-state index in [0.717, 1.165) is 12.0 Å². The molecule has 0 atom stereocenters. The van der Waals surface area contributed by atoms with Gasteiger partial charge in [-0.2, -0.15) is 0 Å². The largest absolute Gasteiger partial charge is 0.506 e. The first kappa shape index (κ1) is 8.75. The zero-order chi connectivity index (χ0) is 9.80. The fraction of sp³-hybridized carbons (Fsp3) is 0.0833. The summed E-state index contributed by atoms with van der Waals surface area (Å²) in [5, 5.41) is 9.51. The van der Waals surface area contributed by atoms with E-state index in [1.807, 2.05) is 36.4 Å². The summed E-state index contributed by atoms with van der Waals surface area (Å²) in [5.74, 6) is 0.261. The van der Waals surface area contributed by atoms with E-state index in [9.17, 15) is 5.11 Å². The summed E-state index contributed by atoms with van der Waals surface area (Å²) in [6, 6.07) is 11.9. The molecule has 0 fully saturated rings. The van der Waals surface area contributed by atoms with E-state index in [2.05, 4.69) is 4.98 Å². The Morgan fingerprint density at radius 2 is 1.86 bits per heavy atom. The van der Waals surface area contributed by atoms with E-state index in [1.165, 1.54) is 11.8 Å². The van der Waals surface area contributed by atoms with E-state index < -0.39 is 0 Å². The Morgan fingerprint density at radius 1 is 1.07 bits per heavy atom. The van der Waals surface area contributed by atoms with Gasteiger partial charge in [0.2, 0.25) is 0 Å². The Kier molecular flexibility index (Phi) is 2.45. The summed E-state index contributed by atoms with van der Waals surface area (Å²) in [4.78, 5) is 3.84. The van der Waals surface area contributed by atoms with Gasteiger partial charge in [0, 0.05) is 18.2 Å². The van der Waals surface area contributed by atoms with Crippen molar-refractivity contribution in [3.05, 3.63) is 59.9 Å². The zero-order valence-corrected chi connectivity index (χ0v) is 7.72. The number of nitrogens with zero attached hydrogens (tertiary/aromatic N) is 1. The molecule has 2 heteroatoms. The van der Waals surface area contributed by atoms with Crippen LogP contribution in [0, 0.1) is 0 Å². The van der Waals surface area contributed by atoms with Crippen LogP contribution in [0.1, 0.15) is 11.1 Å². The highest BCUT2D eigenvalue weighted by atomic mass is 16.3. The molecule has 1 aromatic heterocycles. The van der Waals surface area contributed by atoms with E-state index in [1.54, 1.807) is 6.20 Å². The Hall–Kier alpha value is -1.83. The molecule has 0 aliphatic carbocycles. The van der Waals surface area contributed by atoms with Gasteiger partial charge < -0.3 is 5.11 Å². The molecule has 0 saturated heterocycles. The molecule has 2 rings (SSSR count). The molecule has 0 saturated carbocycles. The molecule has 0 amide bonds. The number of aromatic nitrogens is 1. The lowest BCUT2D eigenvalue weighted by Gasteiger charge is -2.03. The zero-order valence-electron chi connectivity index (χ0n) is 7.72. The fourth-order valence-corrected chi connectivity index (χ4v) is 1.38. The monoisotopic (exact) mass is 185 g/mol. The van der Waals surface area contributed by atoms with Crippen molar-refractivity contribution in [3.63, 3.8) is 0 Å². The van der Waals surface area contributed by atoms with Crippen molar-refractivity contribution in [3.8, 4) is 5.75 Å². The molecule has 0 unspecified atom stereocenters. The van der Waals surface area contributed by atoms with Gasteiger partial charge in [-0.3, -0.25) is 4.98 Å². The molecule has 1 N–H and O–H groups in total. The summed E-state index contributed by atoms with van der Waals surface area (Å²) in [7, 11) is 0. The molecule has 0 radical (unpaired) electrons. The number of rotatable bonds is 2. The first-order valence-corrected chi connectivity index (χ1v) is 4.52. The predicted octanol–water partition coefficient (Wildman–Crippen LogP) is 2.38. The van der Waals surface area contributed by atoms with E-state index in [4.69, 9.17) is 0 Å². The average molecular weight is 185 g/mol. The molecule has 0 aliphatic rings. The standard InChI is InChI=1S/C12H11NO/c14-12-9-13-7-6-11(12)8-10-4-2-1-3-5-10/h1-7,9,14H,8H2. The van der Waals surface area contributed by atoms with Crippen molar-refractivity contribution in [2.24, 2.45) is 0 Å². The SMILES string of the molecule is Oc1cnccc1Cc1ccccc1. The highest BCUT2D eigenvalue weighted by Gasteiger charge is 2.00. The molecule has 2 aromatic rings. The topological polar surface area (TPSA) is 33.1 Å². The van der Waals surface area contributed by atoms with Gasteiger partial charge in [-0.05, 0) is 11.6 Å². The van der Waals surface area contributed by atoms with Gasteiger partial charge in [-0.25, -0.2) is 0 Å². The summed E-state index contributed by atoms with van der Waals surface area (Å²) in [6.45, 7) is 0. The Bertz CT molecular complexity index is 412. The van der Waals surface area contributed by atoms with Crippen molar-refractivity contribution < 1.29 is 5.11 Å². The Labute approximate surface area is 82.9 Å². The summed E-state index contributed by atoms with van der Waals surface area (Å²) < 4.78 is 0. The van der Waals surface area contributed by atoms with Crippen molar-refractivity contribution in [1.82, 2.24) is 4.98 Å². The summed E-state index contributed by atoms with van der Waals surface area (Å²) >= 11 is 0. The van der Waals surface area contributed by atoms with Gasteiger partial charge in [0.25, 0.3) is 0 Å². The molecular weight excluding hydrogens is 174 g/mol. The smallest absolute Gasteiger partial charge is 0.137 e. The van der Waals surface area contributed by atoms with Crippen LogP contribution in [0.4, 0.5) is 0 Å². The Morgan fingerprint density at radius 3 is 2.57 bits per heavy atom. The first-order valence-electron chi connectivity index (χ1n) is 4.52. The van der Waals surface area contributed by atoms with Crippen LogP contribution in [-0.2, 0) is 6.42 Å². The van der Waals surface area contributed by atoms with E-state index in [-0.39, 0.29) is 5.75 Å². The normalized spacial score (nSPS) is 10.0. The second-order valence-electron chi connectivity index (χ2n) is 3.17. The highest BCUT2D eigenvalue weighted by Crippen LogP contribution is 2.17. The lowest BCUT2D eigenvalue weighted by molar-refractivity contribution is 0.466. The maximum atomic E-state index is 9.51. The third-order valence-corrected chi connectivity index (χ3v) is 2.13. The molecule has 14 heavy (non-hydrogen) atoms. The predicted molar refractivity (Wildman–Crippen MR) is 55.1 cm³/mol. The minimum absolute atomic E-state index is 0.261. The lowest BCUT2D eigenvalue weighted by Crippen LogP contribution is -1.88. The van der Waals surface area contributed by atoms with Crippen LogP contribution in [0.2, 0.25) is 0 Å². The van der Waals surface area contributed by atoms with Crippen LogP contribution < -0.4 is 0 Å². The number of benzene rings is 1. The minimum Gasteiger partial charge on any atom is -0.506 e. The molecule has 70 valence electrons. The van der Waals surface area contributed by atoms with Crippen molar-refractivity contribution in [2.45, 2.75) is 6.42 Å². The third kappa shape index (κ3) is 1.91. The van der Waals surface area contributed by atoms with Crippen LogP contribution in [0.3, 0.4) is 0 Å². The second kappa shape index (κ2) is 3.92. The van der Waals surface area contributed by atoms with Crippen LogP contribution in [-0.4, -0.2) is 10.1 Å². The number of hydrogen-bond acceptors (Lipinski definition) is 2. The average Bonchev–Trinajstić information content (AvgIpc) is 2.23. The molecule has 1 aromatic carbocycles. The molecule has 0 aliphatic heterocycles. The van der Waals surface area contributed by atoms with E-state index in [0.29, 0.717) is 0 Å². The molecule has 0 bridgehead atoms. The van der Waals surface area contributed by atoms with Gasteiger partial charge in [0.15, 0.2) is 0 Å². The van der Waals surface area contributed by atoms with Crippen LogP contribution in [0.15, 0.2) is 48.8 Å². The van der Waals surface area contributed by atoms with Crippen LogP contribution in [0.25, 0.3) is 0 Å². The third-order valence-electron chi connectivity index (χ3n) is 2.13. The summed E-state index contributed by atoms with van der Waals surface area (Å²) in [5.41, 5.74) is 2.10. The van der Waals surface area contributed by atoms with E-state index >= 15 is 0 Å². The number of aromatic hydroxyl groups is 1. The minimum atomic E-state index is 0.261. The van der Waals surface area contributed by atoms with Gasteiger partial charge in [-0.15, -0.1) is 0 Å². The van der Waals surface area contributed by atoms with Crippen molar-refractivity contribution in [2.75, 3.05) is 0 Å². The van der Waals surface area contributed by atoms with Crippen molar-refractivity contribution in [1.29, 1.82) is 0 Å².